The molecule has 6 aliphatic rings. The topological polar surface area (TPSA) is 256 Å². The van der Waals surface area contributed by atoms with Gasteiger partial charge in [-0.2, -0.15) is 0 Å². The maximum atomic E-state index is 17.9. The Morgan fingerprint density at radius 3 is 2.16 bits per heavy atom. The second-order valence-corrected chi connectivity index (χ2v) is 25.6. The van der Waals surface area contributed by atoms with E-state index in [4.69, 9.17) is 33.2 Å². The number of aliphatic hydroxyl groups excluding tert-OH is 1. The third kappa shape index (κ3) is 14.8. The summed E-state index contributed by atoms with van der Waals surface area (Å²) in [6.45, 7) is 14.7. The van der Waals surface area contributed by atoms with Crippen LogP contribution in [0.2, 0.25) is 0 Å². The Morgan fingerprint density at radius 2 is 1.46 bits per heavy atom. The zero-order chi connectivity index (χ0) is 66.0. The molecule has 3 aromatic rings. The number of aliphatic hydroxyl groups is 1. The van der Waals surface area contributed by atoms with E-state index in [1.54, 1.807) is 49.9 Å². The number of halogens is 2. The molecule has 2 heterocycles. The van der Waals surface area contributed by atoms with Crippen LogP contribution in [0.4, 0.5) is 20.2 Å². The van der Waals surface area contributed by atoms with Crippen LogP contribution in [-0.4, -0.2) is 160 Å². The third-order valence-electron chi connectivity index (χ3n) is 19.3. The largest absolute Gasteiger partial charge is 0.486 e. The van der Waals surface area contributed by atoms with Gasteiger partial charge < -0.3 is 64.4 Å². The van der Waals surface area contributed by atoms with Crippen LogP contribution in [0.15, 0.2) is 96.6 Å². The van der Waals surface area contributed by atoms with Gasteiger partial charge in [-0.3, -0.25) is 33.6 Å². The Balaban J connectivity index is 0.621. The number of nitrogens with one attached hydrogen (secondary N) is 4. The van der Waals surface area contributed by atoms with Gasteiger partial charge in [0, 0.05) is 53.8 Å². The van der Waals surface area contributed by atoms with E-state index in [1.807, 2.05) is 62.4 Å². The number of hydrogen-bond donors (Lipinski definition) is 5. The summed E-state index contributed by atoms with van der Waals surface area (Å²) in [4.78, 5) is 94.7. The lowest BCUT2D eigenvalue weighted by Crippen LogP contribution is -2.71. The maximum Gasteiger partial charge on any atom is 0.246 e. The van der Waals surface area contributed by atoms with Crippen molar-refractivity contribution in [2.24, 2.45) is 28.6 Å². The zero-order valence-electron chi connectivity index (χ0n) is 53.7. The first-order chi connectivity index (χ1) is 44.0. The highest BCUT2D eigenvalue weighted by Crippen LogP contribution is 2.72. The number of Topliss-reactive ketones (excluding diaryl/α,β-unsaturated/α-hetero) is 1. The van der Waals surface area contributed by atoms with Crippen molar-refractivity contribution in [3.63, 3.8) is 0 Å². The number of allylic oxidation sites excluding steroid dienone is 5. The third-order valence-corrected chi connectivity index (χ3v) is 19.3. The monoisotopic (exact) mass is 1280 g/mol. The fraction of sp³-hybridized carbons (Fsp3) is 0.557. The van der Waals surface area contributed by atoms with Crippen LogP contribution in [0.3, 0.4) is 0 Å². The number of hydrogen-bond acceptors (Lipinski definition) is 15. The Kier molecular flexibility index (Phi) is 22.9. The molecular formula is C70H89F2N5O15. The van der Waals surface area contributed by atoms with Gasteiger partial charge in [0.1, 0.15) is 30.6 Å². The van der Waals surface area contributed by atoms with Gasteiger partial charge in [-0.25, -0.2) is 8.78 Å². The average molecular weight is 1280 g/mol. The highest BCUT2D eigenvalue weighted by molar-refractivity contribution is 6.02. The predicted molar refractivity (Wildman–Crippen MR) is 339 cm³/mol. The average Bonchev–Trinajstić information content (AvgIpc) is 1.40. The second kappa shape index (κ2) is 30.4. The lowest BCUT2D eigenvalue weighted by Gasteiger charge is -2.63. The highest BCUT2D eigenvalue weighted by atomic mass is 19.1. The van der Waals surface area contributed by atoms with E-state index in [2.05, 4.69) is 27.3 Å². The van der Waals surface area contributed by atoms with Crippen LogP contribution < -0.4 is 30.9 Å². The van der Waals surface area contributed by atoms with Crippen LogP contribution in [0.1, 0.15) is 117 Å². The van der Waals surface area contributed by atoms with Gasteiger partial charge in [-0.1, -0.05) is 88.7 Å². The van der Waals surface area contributed by atoms with Gasteiger partial charge in [-0.05, 0) is 123 Å². The molecule has 3 aromatic carbocycles. The Hall–Kier alpha value is -7.05. The molecule has 0 unspecified atom stereocenters. The smallest absolute Gasteiger partial charge is 0.246 e. The molecular weight excluding hydrogens is 1190 g/mol. The van der Waals surface area contributed by atoms with Crippen LogP contribution in [0.25, 0.3) is 11.6 Å². The first kappa shape index (κ1) is 69.3. The summed E-state index contributed by atoms with van der Waals surface area (Å²) < 4.78 is 75.4. The Morgan fingerprint density at radius 1 is 0.783 bits per heavy atom. The molecule has 1 saturated heterocycles. The molecule has 9 rings (SSSR count). The first-order valence-electron chi connectivity index (χ1n) is 32.2. The summed E-state index contributed by atoms with van der Waals surface area (Å²) in [7, 11) is 0. The van der Waals surface area contributed by atoms with Crippen LogP contribution in [0.5, 0.6) is 5.75 Å². The van der Waals surface area contributed by atoms with Crippen molar-refractivity contribution in [1.29, 1.82) is 0 Å². The second-order valence-electron chi connectivity index (χ2n) is 25.6. The van der Waals surface area contributed by atoms with E-state index < -0.39 is 107 Å². The van der Waals surface area contributed by atoms with E-state index in [9.17, 15) is 38.7 Å². The lowest BCUT2D eigenvalue weighted by atomic mass is 9.44. The minimum absolute atomic E-state index is 0.0127. The number of amides is 5. The Bertz CT molecular complexity index is 3270. The normalized spacial score (nSPS) is 28.0. The van der Waals surface area contributed by atoms with E-state index in [0.29, 0.717) is 58.0 Å². The molecule has 0 aromatic heterocycles. The minimum atomic E-state index is -2.34. The molecule has 498 valence electrons. The Labute approximate surface area is 536 Å². The van der Waals surface area contributed by atoms with Crippen molar-refractivity contribution < 1.29 is 80.6 Å². The first-order valence-corrected chi connectivity index (χ1v) is 32.2. The molecule has 4 fully saturated rings. The van der Waals surface area contributed by atoms with Crippen molar-refractivity contribution in [3.8, 4) is 5.75 Å². The van der Waals surface area contributed by atoms with E-state index in [0.717, 1.165) is 34.0 Å². The van der Waals surface area contributed by atoms with E-state index in [1.165, 1.54) is 26.0 Å². The van der Waals surface area contributed by atoms with Gasteiger partial charge >= 0.3 is 0 Å². The van der Waals surface area contributed by atoms with Crippen molar-refractivity contribution in [3.05, 3.63) is 113 Å². The number of rotatable bonds is 30. The van der Waals surface area contributed by atoms with Gasteiger partial charge in [-0.15, -0.1) is 0 Å². The molecule has 0 bridgehead atoms. The molecule has 2 aliphatic heterocycles. The summed E-state index contributed by atoms with van der Waals surface area (Å²) in [5.41, 5.74) is -1.43. The summed E-state index contributed by atoms with van der Waals surface area (Å²) in [6.07, 6.45) is 2.05. The van der Waals surface area contributed by atoms with Crippen molar-refractivity contribution >= 4 is 64.1 Å². The number of ether oxygens (including phenoxy) is 7. The quantitative estimate of drug-likeness (QED) is 0.0398. The predicted octanol–water partition coefficient (Wildman–Crippen LogP) is 7.89. The van der Waals surface area contributed by atoms with Crippen LogP contribution >= 0.6 is 0 Å². The van der Waals surface area contributed by atoms with Gasteiger partial charge in [0.25, 0.3) is 0 Å². The standard InChI is InChI=1S/C70H89F2N5O15/c1-8-13-63-91-59-39-52-53-38-55(71)54-37-49(78)24-26-67(54,6)69(53,72)57(79)40-68(52,7)70(59,92-63)58(80)42-90-50-20-18-48(19-21-50)75-65(84)45(5)74-66(85)64(43(2)3)76-61(82)25-28-86-30-32-88-34-35-89-33-31-87-29-27-73-60(81)22-23-62(83)77-41-47-15-10-9-14-46(47)36-44(4)51-16-11-12-17-56(51)77/h9-12,14-21,24,26,36-37,43,45,52-53,55,57,59,63-64,79H,8,13,22-23,25,27-35,38-42H2,1-7H3,(H,73,81)(H,74,85)(H,75,84)(H,76,82)/b44-36-/t45-,52-,53-,55-,57-,59+,63+,64-,67-,68-,69-,70+/m0/s1. The molecule has 5 N–H and O–H groups in total. The van der Waals surface area contributed by atoms with Gasteiger partial charge in [0.05, 0.1) is 77.3 Å². The number of carbonyl (C=O) groups excluding carboxylic acids is 7. The number of nitrogens with zero attached hydrogens (tertiary/aromatic N) is 1. The number of alkyl halides is 2. The lowest BCUT2D eigenvalue weighted by molar-refractivity contribution is -0.234. The molecule has 12 atom stereocenters. The summed E-state index contributed by atoms with van der Waals surface area (Å²) >= 11 is 0. The fourth-order valence-electron chi connectivity index (χ4n) is 14.5. The molecule has 0 radical (unpaired) electrons. The van der Waals surface area contributed by atoms with Gasteiger partial charge in [0.2, 0.25) is 35.3 Å². The summed E-state index contributed by atoms with van der Waals surface area (Å²) in [6, 6.07) is 20.1. The van der Waals surface area contributed by atoms with E-state index in [-0.39, 0.29) is 94.0 Å². The number of benzene rings is 3. The molecule has 0 spiro atoms. The SMILES string of the molecule is CCC[C@@H]1O[C@@H]2C[C@H]3[C@@H]4C[C@H](F)C5=CC(=O)C=C[C@]5(C)[C@@]4(F)[C@@H](O)C[C@]3(C)[C@]2(C(=O)COc2ccc(NC(=O)[C@H](C)NC(=O)[C@@H](NC(=O)CCOCCOCCOCCOCCNC(=O)CCC(=O)N3Cc4ccccc4/C=C(/C)c4ccccc43)C(C)C)cc2)O1. The number of carbonyl (C=O) groups is 7. The zero-order valence-corrected chi connectivity index (χ0v) is 53.7. The van der Waals surface area contributed by atoms with Crippen molar-refractivity contribution in [1.82, 2.24) is 16.0 Å². The molecule has 20 nitrogen and oxygen atoms in total. The number of anilines is 2. The van der Waals surface area contributed by atoms with Crippen molar-refractivity contribution in [2.45, 2.75) is 154 Å². The molecule has 92 heavy (non-hydrogen) atoms. The number of fused-ring (bicyclic) bond motifs is 9. The van der Waals surface area contributed by atoms with Crippen molar-refractivity contribution in [2.75, 3.05) is 76.2 Å². The summed E-state index contributed by atoms with van der Waals surface area (Å²) in [5, 5.41) is 22.9. The fourth-order valence-corrected chi connectivity index (χ4v) is 14.5. The minimum Gasteiger partial charge on any atom is -0.486 e. The number of ketones is 2. The molecule has 22 heteroatoms. The van der Waals surface area contributed by atoms with Gasteiger partial charge in [0.15, 0.2) is 23.3 Å². The van der Waals surface area contributed by atoms with E-state index >= 15 is 8.78 Å². The molecule has 3 saturated carbocycles. The molecule has 4 aliphatic carbocycles. The molecule has 5 amide bonds. The maximum absolute atomic E-state index is 17.9. The van der Waals surface area contributed by atoms with Crippen LogP contribution in [0, 0.1) is 28.6 Å². The highest BCUT2D eigenvalue weighted by Gasteiger charge is 2.80. The van der Waals surface area contributed by atoms with Crippen LogP contribution in [-0.2, 0) is 68.5 Å². The number of para-hydroxylation sites is 1. The summed E-state index contributed by atoms with van der Waals surface area (Å²) in [5.74, 6) is -4.48.